The number of amides is 3. The van der Waals surface area contributed by atoms with E-state index < -0.39 is 29.5 Å². The molecule has 1 atom stereocenters. The number of hydrogen-bond acceptors (Lipinski definition) is 7. The summed E-state index contributed by atoms with van der Waals surface area (Å²) in [4.78, 5) is 53.1. The van der Waals surface area contributed by atoms with Gasteiger partial charge in [0.05, 0.1) is 12.8 Å². The monoisotopic (exact) mass is 474 g/mol. The zero-order chi connectivity index (χ0) is 24.8. The second kappa shape index (κ2) is 10.1. The fourth-order valence-electron chi connectivity index (χ4n) is 3.91. The summed E-state index contributed by atoms with van der Waals surface area (Å²) in [5.41, 5.74) is -1.45. The minimum Gasteiger partial charge on any atom is -0.453 e. The van der Waals surface area contributed by atoms with Crippen molar-refractivity contribution in [2.24, 2.45) is 0 Å². The van der Waals surface area contributed by atoms with Crippen molar-refractivity contribution in [2.75, 3.05) is 18.6 Å². The minimum atomic E-state index is -1.91. The van der Waals surface area contributed by atoms with E-state index in [4.69, 9.17) is 9.47 Å². The molecular formula is C26H22N2O7. The van der Waals surface area contributed by atoms with E-state index in [0.29, 0.717) is 0 Å². The first kappa shape index (κ1) is 23.5. The summed E-state index contributed by atoms with van der Waals surface area (Å²) in [6.07, 6.45) is -1.88. The third-order valence-corrected chi connectivity index (χ3v) is 5.56. The van der Waals surface area contributed by atoms with Crippen molar-refractivity contribution in [2.45, 2.75) is 11.8 Å². The fourth-order valence-corrected chi connectivity index (χ4v) is 3.91. The second-order valence-corrected chi connectivity index (χ2v) is 7.61. The number of carbonyl (C=O) groups excluding carboxylic acids is 4. The molecule has 9 heteroatoms. The Morgan fingerprint density at radius 2 is 1.40 bits per heavy atom. The van der Waals surface area contributed by atoms with E-state index in [2.05, 4.69) is 10.1 Å². The van der Waals surface area contributed by atoms with Crippen LogP contribution >= 0.6 is 0 Å². The van der Waals surface area contributed by atoms with E-state index in [1.165, 1.54) is 7.11 Å². The number of methoxy groups -OCH3 is 1. The first-order chi connectivity index (χ1) is 17.0. The number of nitrogens with one attached hydrogen (secondary N) is 1. The Morgan fingerprint density at radius 1 is 0.829 bits per heavy atom. The molecule has 3 amide bonds. The van der Waals surface area contributed by atoms with Gasteiger partial charge in [-0.05, 0) is 36.8 Å². The van der Waals surface area contributed by atoms with Gasteiger partial charge in [0.1, 0.15) is 11.5 Å². The Hall–Kier alpha value is -4.66. The molecule has 1 unspecified atom stereocenters. The average Bonchev–Trinajstić information content (AvgIpc) is 3.13. The molecule has 0 fully saturated rings. The number of anilines is 1. The zero-order valence-corrected chi connectivity index (χ0v) is 18.8. The number of hydrogen-bond donors (Lipinski definition) is 1. The molecular weight excluding hydrogens is 452 g/mol. The van der Waals surface area contributed by atoms with Crippen LogP contribution in [0.4, 0.5) is 15.3 Å². The SMILES string of the molecule is COC(=O)NCCC1(C(=O)Oc2ccccc2)C(=O)N(C(=O)Oc2ccccc2)c2ccccc21. The fraction of sp³-hybridized carbons (Fsp3) is 0.154. The van der Waals surface area contributed by atoms with Gasteiger partial charge < -0.3 is 19.5 Å². The van der Waals surface area contributed by atoms with Crippen molar-refractivity contribution < 1.29 is 33.4 Å². The topological polar surface area (TPSA) is 111 Å². The highest BCUT2D eigenvalue weighted by molar-refractivity contribution is 6.28. The van der Waals surface area contributed by atoms with Gasteiger partial charge in [-0.25, -0.2) is 14.5 Å². The summed E-state index contributed by atoms with van der Waals surface area (Å²) < 4.78 is 15.6. The summed E-state index contributed by atoms with van der Waals surface area (Å²) in [5.74, 6) is -1.26. The first-order valence-corrected chi connectivity index (χ1v) is 10.8. The average molecular weight is 474 g/mol. The number of ether oxygens (including phenoxy) is 3. The Balaban J connectivity index is 1.73. The van der Waals surface area contributed by atoms with Crippen LogP contribution in [-0.2, 0) is 19.7 Å². The van der Waals surface area contributed by atoms with Gasteiger partial charge in [-0.3, -0.25) is 9.59 Å². The number of para-hydroxylation sites is 3. The number of imide groups is 1. The maximum Gasteiger partial charge on any atom is 0.426 e. The molecule has 0 saturated heterocycles. The third kappa shape index (κ3) is 4.56. The van der Waals surface area contributed by atoms with Crippen LogP contribution in [0.15, 0.2) is 84.9 Å². The Kier molecular flexibility index (Phi) is 6.77. The van der Waals surface area contributed by atoms with E-state index in [1.54, 1.807) is 84.9 Å². The molecule has 1 aliphatic heterocycles. The van der Waals surface area contributed by atoms with Gasteiger partial charge in [0.15, 0.2) is 5.41 Å². The van der Waals surface area contributed by atoms with Crippen LogP contribution in [0, 0.1) is 0 Å². The van der Waals surface area contributed by atoms with Crippen LogP contribution in [0.1, 0.15) is 12.0 Å². The standard InChI is InChI=1S/C26H22N2O7/c1-33-24(31)27-17-16-26(23(30)34-18-10-4-2-5-11-18)20-14-8-9-15-21(20)28(22(26)29)25(32)35-19-12-6-3-7-13-19/h2-15H,16-17H2,1H3,(H,27,31). The molecule has 0 saturated carbocycles. The molecule has 0 spiro atoms. The highest BCUT2D eigenvalue weighted by Crippen LogP contribution is 2.45. The lowest BCUT2D eigenvalue weighted by atomic mass is 9.78. The number of fused-ring (bicyclic) bond motifs is 1. The van der Waals surface area contributed by atoms with Crippen LogP contribution in [0.2, 0.25) is 0 Å². The van der Waals surface area contributed by atoms with Gasteiger partial charge in [0.2, 0.25) is 0 Å². The summed E-state index contributed by atoms with van der Waals surface area (Å²) in [6.45, 7) is -0.0990. The molecule has 1 heterocycles. The van der Waals surface area contributed by atoms with Crippen molar-refractivity contribution in [1.82, 2.24) is 5.32 Å². The van der Waals surface area contributed by atoms with Gasteiger partial charge >= 0.3 is 18.2 Å². The van der Waals surface area contributed by atoms with Crippen LogP contribution in [0.3, 0.4) is 0 Å². The van der Waals surface area contributed by atoms with E-state index in [9.17, 15) is 19.2 Å². The lowest BCUT2D eigenvalue weighted by Gasteiger charge is -2.26. The molecule has 3 aromatic carbocycles. The molecule has 3 aromatic rings. The van der Waals surface area contributed by atoms with Gasteiger partial charge in [-0.15, -0.1) is 0 Å². The lowest BCUT2D eigenvalue weighted by molar-refractivity contribution is -0.146. The number of benzene rings is 3. The highest BCUT2D eigenvalue weighted by Gasteiger charge is 2.59. The van der Waals surface area contributed by atoms with Crippen molar-refractivity contribution >= 4 is 29.8 Å². The summed E-state index contributed by atoms with van der Waals surface area (Å²) in [5, 5.41) is 2.48. The van der Waals surface area contributed by atoms with Crippen LogP contribution < -0.4 is 19.7 Å². The lowest BCUT2D eigenvalue weighted by Crippen LogP contribution is -2.51. The van der Waals surface area contributed by atoms with Crippen molar-refractivity contribution in [3.05, 3.63) is 90.5 Å². The Morgan fingerprint density at radius 3 is 2.03 bits per heavy atom. The number of nitrogens with zero attached hydrogens (tertiary/aromatic N) is 1. The predicted molar refractivity (Wildman–Crippen MR) is 125 cm³/mol. The van der Waals surface area contributed by atoms with Crippen LogP contribution in [0.25, 0.3) is 0 Å². The molecule has 4 rings (SSSR count). The van der Waals surface area contributed by atoms with Gasteiger partial charge in [-0.1, -0.05) is 54.6 Å². The maximum atomic E-state index is 13.9. The van der Waals surface area contributed by atoms with Crippen molar-refractivity contribution in [3.63, 3.8) is 0 Å². The highest BCUT2D eigenvalue weighted by atomic mass is 16.6. The van der Waals surface area contributed by atoms with E-state index in [0.717, 1.165) is 4.90 Å². The quantitative estimate of drug-likeness (QED) is 0.328. The normalized spacial score (nSPS) is 16.3. The largest absolute Gasteiger partial charge is 0.453 e. The number of alkyl carbamates (subject to hydrolysis) is 1. The molecule has 0 aliphatic carbocycles. The molecule has 1 aliphatic rings. The summed E-state index contributed by atoms with van der Waals surface area (Å²) >= 11 is 0. The van der Waals surface area contributed by atoms with E-state index in [1.807, 2.05) is 0 Å². The summed E-state index contributed by atoms with van der Waals surface area (Å²) in [6, 6.07) is 22.9. The first-order valence-electron chi connectivity index (χ1n) is 10.8. The zero-order valence-electron chi connectivity index (χ0n) is 18.8. The molecule has 0 radical (unpaired) electrons. The minimum absolute atomic E-state index is 0.0990. The molecule has 0 bridgehead atoms. The van der Waals surface area contributed by atoms with E-state index >= 15 is 0 Å². The molecule has 1 N–H and O–H groups in total. The Labute approximate surface area is 201 Å². The van der Waals surface area contributed by atoms with Crippen molar-refractivity contribution in [1.29, 1.82) is 0 Å². The Bertz CT molecular complexity index is 1250. The van der Waals surface area contributed by atoms with Gasteiger partial charge in [0, 0.05) is 12.1 Å². The van der Waals surface area contributed by atoms with Gasteiger partial charge in [-0.2, -0.15) is 0 Å². The summed E-state index contributed by atoms with van der Waals surface area (Å²) in [7, 11) is 1.20. The number of esters is 1. The van der Waals surface area contributed by atoms with E-state index in [-0.39, 0.29) is 35.7 Å². The smallest absolute Gasteiger partial charge is 0.426 e. The third-order valence-electron chi connectivity index (χ3n) is 5.56. The van der Waals surface area contributed by atoms with Crippen LogP contribution in [-0.4, -0.2) is 37.7 Å². The molecule has 178 valence electrons. The molecule has 35 heavy (non-hydrogen) atoms. The van der Waals surface area contributed by atoms with Gasteiger partial charge in [0.25, 0.3) is 5.91 Å². The second-order valence-electron chi connectivity index (χ2n) is 7.61. The number of carbonyl (C=O) groups is 4. The number of rotatable bonds is 6. The molecule has 9 nitrogen and oxygen atoms in total. The van der Waals surface area contributed by atoms with Crippen molar-refractivity contribution in [3.8, 4) is 11.5 Å². The maximum absolute atomic E-state index is 13.9. The van der Waals surface area contributed by atoms with Crippen LogP contribution in [0.5, 0.6) is 11.5 Å². The predicted octanol–water partition coefficient (Wildman–Crippen LogP) is 3.82. The molecule has 0 aromatic heterocycles.